The number of nitrogens with two attached hydrogens (primary N) is 1. The highest BCUT2D eigenvalue weighted by Crippen LogP contribution is 2.24. The molecule has 5 heteroatoms. The van der Waals surface area contributed by atoms with Gasteiger partial charge in [-0.2, -0.15) is 0 Å². The Bertz CT molecular complexity index is 729. The van der Waals surface area contributed by atoms with Crippen molar-refractivity contribution in [1.82, 2.24) is 9.55 Å². The molecule has 2 aromatic heterocycles. The average Bonchev–Trinajstić information content (AvgIpc) is 3.09. The maximum atomic E-state index is 5.78. The Balaban J connectivity index is 1.97. The van der Waals surface area contributed by atoms with E-state index in [0.717, 1.165) is 21.8 Å². The van der Waals surface area contributed by atoms with E-state index in [1.54, 1.807) is 11.3 Å². The smallest absolute Gasteiger partial charge is 0.150 e. The van der Waals surface area contributed by atoms with E-state index in [0.29, 0.717) is 11.5 Å². The van der Waals surface area contributed by atoms with E-state index in [1.807, 2.05) is 42.7 Å². The van der Waals surface area contributed by atoms with Gasteiger partial charge in [-0.3, -0.25) is 0 Å². The van der Waals surface area contributed by atoms with Gasteiger partial charge >= 0.3 is 0 Å². The predicted octanol–water partition coefficient (Wildman–Crippen LogP) is 3.29. The maximum absolute atomic E-state index is 5.78. The van der Waals surface area contributed by atoms with Gasteiger partial charge in [-0.05, 0) is 17.0 Å². The fraction of sp³-hybridized carbons (Fsp3) is 0.0667. The normalized spacial score (nSPS) is 10.6. The molecular formula is C15H13N3S2. The van der Waals surface area contributed by atoms with Gasteiger partial charge in [0.25, 0.3) is 0 Å². The molecule has 0 fully saturated rings. The van der Waals surface area contributed by atoms with E-state index < -0.39 is 0 Å². The first-order valence-corrected chi connectivity index (χ1v) is 7.47. The molecule has 0 saturated heterocycles. The second-order valence-electron chi connectivity index (χ2n) is 4.38. The van der Waals surface area contributed by atoms with Crippen LogP contribution in [0.2, 0.25) is 0 Å². The van der Waals surface area contributed by atoms with Crippen molar-refractivity contribution in [3.05, 3.63) is 65.3 Å². The van der Waals surface area contributed by atoms with E-state index >= 15 is 0 Å². The highest BCUT2D eigenvalue weighted by atomic mass is 32.1. The summed E-state index contributed by atoms with van der Waals surface area (Å²) in [6, 6.07) is 12.1. The molecule has 0 radical (unpaired) electrons. The number of thiocarbonyl (C=S) groups is 1. The Hall–Kier alpha value is -1.98. The van der Waals surface area contributed by atoms with Crippen molar-refractivity contribution in [3.63, 3.8) is 0 Å². The molecular weight excluding hydrogens is 286 g/mol. The van der Waals surface area contributed by atoms with Crippen LogP contribution in [0.15, 0.2) is 54.2 Å². The van der Waals surface area contributed by atoms with Gasteiger partial charge in [-0.25, -0.2) is 4.98 Å². The molecule has 0 aliphatic rings. The van der Waals surface area contributed by atoms with Crippen LogP contribution >= 0.6 is 23.6 Å². The number of imidazole rings is 1. The Morgan fingerprint density at radius 3 is 2.85 bits per heavy atom. The zero-order chi connectivity index (χ0) is 13.9. The first kappa shape index (κ1) is 13.0. The van der Waals surface area contributed by atoms with Crippen molar-refractivity contribution < 1.29 is 0 Å². The summed E-state index contributed by atoms with van der Waals surface area (Å²) in [4.78, 5) is 6.02. The average molecular weight is 299 g/mol. The summed E-state index contributed by atoms with van der Waals surface area (Å²) >= 11 is 6.79. The van der Waals surface area contributed by atoms with Crippen molar-refractivity contribution in [3.8, 4) is 10.7 Å². The van der Waals surface area contributed by atoms with Gasteiger partial charge in [0, 0.05) is 24.5 Å². The number of nitrogens with zero attached hydrogens (tertiary/aromatic N) is 2. The van der Waals surface area contributed by atoms with E-state index in [1.165, 1.54) is 0 Å². The largest absolute Gasteiger partial charge is 0.389 e. The lowest BCUT2D eigenvalue weighted by Gasteiger charge is -2.10. The maximum Gasteiger partial charge on any atom is 0.150 e. The number of aromatic nitrogens is 2. The first-order chi connectivity index (χ1) is 9.75. The molecule has 2 heterocycles. The number of rotatable bonds is 4. The van der Waals surface area contributed by atoms with Crippen LogP contribution in [0.5, 0.6) is 0 Å². The Morgan fingerprint density at radius 2 is 2.10 bits per heavy atom. The highest BCUT2D eigenvalue weighted by Gasteiger charge is 2.10. The van der Waals surface area contributed by atoms with Crippen LogP contribution in [0.1, 0.15) is 11.1 Å². The van der Waals surface area contributed by atoms with Crippen molar-refractivity contribution >= 4 is 28.5 Å². The summed E-state index contributed by atoms with van der Waals surface area (Å²) in [6.07, 6.45) is 3.80. The molecule has 3 nitrogen and oxygen atoms in total. The number of hydrogen-bond acceptors (Lipinski definition) is 3. The minimum atomic E-state index is 0.429. The summed E-state index contributed by atoms with van der Waals surface area (Å²) in [7, 11) is 0. The predicted molar refractivity (Wildman–Crippen MR) is 87.0 cm³/mol. The number of benzene rings is 1. The zero-order valence-corrected chi connectivity index (χ0v) is 12.3. The number of hydrogen-bond donors (Lipinski definition) is 1. The lowest BCUT2D eigenvalue weighted by molar-refractivity contribution is 0.807. The van der Waals surface area contributed by atoms with Gasteiger partial charge in [0.15, 0.2) is 0 Å². The summed E-state index contributed by atoms with van der Waals surface area (Å²) < 4.78 is 2.11. The lowest BCUT2D eigenvalue weighted by atomic mass is 10.1. The highest BCUT2D eigenvalue weighted by molar-refractivity contribution is 7.80. The van der Waals surface area contributed by atoms with Gasteiger partial charge in [0.1, 0.15) is 10.8 Å². The molecule has 3 rings (SSSR count). The first-order valence-electron chi connectivity index (χ1n) is 6.18. The molecule has 0 amide bonds. The van der Waals surface area contributed by atoms with Crippen LogP contribution < -0.4 is 5.73 Å². The van der Waals surface area contributed by atoms with Gasteiger partial charge in [-0.1, -0.05) is 42.5 Å². The molecule has 20 heavy (non-hydrogen) atoms. The Labute approximate surface area is 126 Å². The summed E-state index contributed by atoms with van der Waals surface area (Å²) in [5.74, 6) is 0.970. The molecule has 0 saturated carbocycles. The third-order valence-electron chi connectivity index (χ3n) is 3.08. The Kier molecular flexibility index (Phi) is 3.62. The van der Waals surface area contributed by atoms with Gasteiger partial charge in [0.2, 0.25) is 0 Å². The van der Waals surface area contributed by atoms with Crippen molar-refractivity contribution in [2.75, 3.05) is 0 Å². The van der Waals surface area contributed by atoms with Crippen molar-refractivity contribution in [2.24, 2.45) is 5.73 Å². The van der Waals surface area contributed by atoms with Crippen LogP contribution in [0.25, 0.3) is 10.7 Å². The van der Waals surface area contributed by atoms with E-state index in [-0.39, 0.29) is 0 Å². The molecule has 0 aliphatic carbocycles. The van der Waals surface area contributed by atoms with Gasteiger partial charge in [-0.15, -0.1) is 11.3 Å². The molecule has 0 unspecified atom stereocenters. The summed E-state index contributed by atoms with van der Waals surface area (Å²) in [5.41, 5.74) is 7.82. The zero-order valence-electron chi connectivity index (χ0n) is 10.7. The molecule has 0 atom stereocenters. The minimum Gasteiger partial charge on any atom is -0.389 e. The fourth-order valence-corrected chi connectivity index (χ4v) is 3.09. The molecule has 0 aliphatic heterocycles. The molecule has 0 spiro atoms. The van der Waals surface area contributed by atoms with Crippen LogP contribution in [0.3, 0.4) is 0 Å². The fourth-order valence-electron chi connectivity index (χ4n) is 2.15. The third kappa shape index (κ3) is 2.50. The monoisotopic (exact) mass is 299 g/mol. The second-order valence-corrected chi connectivity index (χ2v) is 5.76. The number of thiophene rings is 1. The van der Waals surface area contributed by atoms with Crippen LogP contribution in [-0.4, -0.2) is 14.5 Å². The third-order valence-corrected chi connectivity index (χ3v) is 4.17. The molecule has 0 bridgehead atoms. The molecule has 2 N–H and O–H groups in total. The summed E-state index contributed by atoms with van der Waals surface area (Å²) in [6.45, 7) is 0.709. The lowest BCUT2D eigenvalue weighted by Crippen LogP contribution is -2.14. The molecule has 3 aromatic rings. The quantitative estimate of drug-likeness (QED) is 0.752. The molecule has 1 aromatic carbocycles. The van der Waals surface area contributed by atoms with Crippen molar-refractivity contribution in [1.29, 1.82) is 0 Å². The SMILES string of the molecule is NC(=S)c1ccccc1Cn1ccnc1-c1cccs1. The molecule has 100 valence electrons. The van der Waals surface area contributed by atoms with E-state index in [9.17, 15) is 0 Å². The van der Waals surface area contributed by atoms with Gasteiger partial charge in [0.05, 0.1) is 4.88 Å². The minimum absolute atomic E-state index is 0.429. The van der Waals surface area contributed by atoms with E-state index in [2.05, 4.69) is 21.0 Å². The van der Waals surface area contributed by atoms with Crippen LogP contribution in [0.4, 0.5) is 0 Å². The van der Waals surface area contributed by atoms with Crippen molar-refractivity contribution in [2.45, 2.75) is 6.54 Å². The summed E-state index contributed by atoms with van der Waals surface area (Å²) in [5, 5.41) is 2.05. The Morgan fingerprint density at radius 1 is 1.25 bits per heavy atom. The standard InChI is InChI=1S/C15H13N3S2/c16-14(19)12-5-2-1-4-11(12)10-18-8-7-17-15(18)13-6-3-9-20-13/h1-9H,10H2,(H2,16,19). The van der Waals surface area contributed by atoms with E-state index in [4.69, 9.17) is 18.0 Å². The second kappa shape index (κ2) is 5.56. The van der Waals surface area contributed by atoms with Crippen LogP contribution in [-0.2, 0) is 6.54 Å². The topological polar surface area (TPSA) is 43.8 Å². The van der Waals surface area contributed by atoms with Gasteiger partial charge < -0.3 is 10.3 Å². The van der Waals surface area contributed by atoms with Crippen LogP contribution in [0, 0.1) is 0 Å².